The van der Waals surface area contributed by atoms with Gasteiger partial charge in [-0.3, -0.25) is 4.68 Å². The van der Waals surface area contributed by atoms with Gasteiger partial charge in [0.05, 0.1) is 29.4 Å². The highest BCUT2D eigenvalue weighted by Gasteiger charge is 2.28. The third kappa shape index (κ3) is 5.52. The Labute approximate surface area is 186 Å². The van der Waals surface area contributed by atoms with E-state index in [1.165, 1.54) is 19.9 Å². The number of ether oxygens (including phenoxy) is 1. The third-order valence-corrected chi connectivity index (χ3v) is 6.24. The lowest BCUT2D eigenvalue weighted by molar-refractivity contribution is -0.162. The highest BCUT2D eigenvalue weighted by Crippen LogP contribution is 2.27. The van der Waals surface area contributed by atoms with Crippen LogP contribution in [0.2, 0.25) is 5.02 Å². The molecule has 9 heteroatoms. The standard InChI is InChI=1S/C22H23ClN2O5S/c1-22(2,21(26)27)30-14-17-12-20(15-8-6-9-18(11-15)31(3,28)29)25(24-17)13-16-7-4-5-10-19(16)23/h4-12H,13-14H2,1-3H3,(H,26,27). The van der Waals surface area contributed by atoms with Crippen molar-refractivity contribution in [2.24, 2.45) is 0 Å². The Morgan fingerprint density at radius 1 is 1.16 bits per heavy atom. The van der Waals surface area contributed by atoms with Crippen molar-refractivity contribution in [3.63, 3.8) is 0 Å². The molecule has 3 aromatic rings. The van der Waals surface area contributed by atoms with E-state index in [-0.39, 0.29) is 11.5 Å². The Hall–Kier alpha value is -2.68. The van der Waals surface area contributed by atoms with Gasteiger partial charge in [-0.1, -0.05) is 41.9 Å². The Morgan fingerprint density at radius 3 is 2.52 bits per heavy atom. The van der Waals surface area contributed by atoms with Gasteiger partial charge in [-0.05, 0) is 43.7 Å². The number of benzene rings is 2. The van der Waals surface area contributed by atoms with Crippen LogP contribution in [-0.4, -0.2) is 41.1 Å². The maximum Gasteiger partial charge on any atom is 0.335 e. The second kappa shape index (κ2) is 8.82. The molecule has 1 heterocycles. The van der Waals surface area contributed by atoms with Crippen molar-refractivity contribution in [1.82, 2.24) is 9.78 Å². The van der Waals surface area contributed by atoms with Gasteiger partial charge in [0, 0.05) is 16.8 Å². The van der Waals surface area contributed by atoms with Crippen molar-refractivity contribution in [2.45, 2.75) is 37.5 Å². The van der Waals surface area contributed by atoms with Gasteiger partial charge in [0.15, 0.2) is 15.4 Å². The van der Waals surface area contributed by atoms with E-state index in [2.05, 4.69) is 5.10 Å². The van der Waals surface area contributed by atoms with Crippen molar-refractivity contribution >= 4 is 27.4 Å². The van der Waals surface area contributed by atoms with Crippen LogP contribution in [0.4, 0.5) is 0 Å². The average molecular weight is 463 g/mol. The minimum Gasteiger partial charge on any atom is -0.479 e. The zero-order chi connectivity index (χ0) is 22.8. The molecule has 2 aromatic carbocycles. The molecule has 0 saturated carbocycles. The SMILES string of the molecule is CC(C)(OCc1cc(-c2cccc(S(C)(=O)=O)c2)n(Cc2ccccc2Cl)n1)C(=O)O. The Kier molecular flexibility index (Phi) is 6.54. The number of halogens is 1. The molecule has 0 aliphatic rings. The summed E-state index contributed by atoms with van der Waals surface area (Å²) in [6.45, 7) is 3.26. The maximum atomic E-state index is 12.0. The second-order valence-electron chi connectivity index (χ2n) is 7.67. The number of rotatable bonds is 8. The van der Waals surface area contributed by atoms with Gasteiger partial charge in [-0.2, -0.15) is 5.10 Å². The Bertz CT molecular complexity index is 1220. The summed E-state index contributed by atoms with van der Waals surface area (Å²) in [5, 5.41) is 14.4. The van der Waals surface area contributed by atoms with Gasteiger partial charge in [0.25, 0.3) is 0 Å². The first-order valence-electron chi connectivity index (χ1n) is 9.45. The quantitative estimate of drug-likeness (QED) is 0.542. The van der Waals surface area contributed by atoms with Crippen LogP contribution in [0, 0.1) is 0 Å². The van der Waals surface area contributed by atoms with Crippen LogP contribution >= 0.6 is 11.6 Å². The number of carboxylic acids is 1. The number of carboxylic acid groups (broad SMARTS) is 1. The maximum absolute atomic E-state index is 12.0. The molecule has 0 saturated heterocycles. The molecule has 0 aliphatic carbocycles. The average Bonchev–Trinajstić information content (AvgIpc) is 3.10. The summed E-state index contributed by atoms with van der Waals surface area (Å²) in [4.78, 5) is 11.5. The predicted molar refractivity (Wildman–Crippen MR) is 118 cm³/mol. The van der Waals surface area contributed by atoms with Crippen LogP contribution < -0.4 is 0 Å². The zero-order valence-corrected chi connectivity index (χ0v) is 18.9. The van der Waals surface area contributed by atoms with E-state index >= 15 is 0 Å². The van der Waals surface area contributed by atoms with E-state index in [1.807, 2.05) is 18.2 Å². The van der Waals surface area contributed by atoms with E-state index in [9.17, 15) is 18.3 Å². The highest BCUT2D eigenvalue weighted by atomic mass is 35.5. The summed E-state index contributed by atoms with van der Waals surface area (Å²) in [6, 6.07) is 15.7. The Balaban J connectivity index is 2.03. The van der Waals surface area contributed by atoms with Crippen LogP contribution in [0.25, 0.3) is 11.3 Å². The topological polar surface area (TPSA) is 98.5 Å². The molecule has 0 amide bonds. The van der Waals surface area contributed by atoms with Crippen molar-refractivity contribution in [3.8, 4) is 11.3 Å². The summed E-state index contributed by atoms with van der Waals surface area (Å²) in [7, 11) is -3.38. The monoisotopic (exact) mass is 462 g/mol. The molecule has 1 aromatic heterocycles. The molecule has 1 N–H and O–H groups in total. The fraction of sp³-hybridized carbons (Fsp3) is 0.273. The first-order chi connectivity index (χ1) is 14.5. The fourth-order valence-corrected chi connectivity index (χ4v) is 3.75. The second-order valence-corrected chi connectivity index (χ2v) is 10.1. The van der Waals surface area contributed by atoms with E-state index in [0.717, 1.165) is 11.8 Å². The molecule has 164 valence electrons. The number of hydrogen-bond acceptors (Lipinski definition) is 5. The molecule has 0 bridgehead atoms. The van der Waals surface area contributed by atoms with Crippen LogP contribution in [-0.2, 0) is 32.5 Å². The molecule has 3 rings (SSSR count). The summed E-state index contributed by atoms with van der Waals surface area (Å²) in [6.07, 6.45) is 1.15. The van der Waals surface area contributed by atoms with Crippen LogP contribution in [0.5, 0.6) is 0 Å². The lowest BCUT2D eigenvalue weighted by atomic mass is 10.1. The lowest BCUT2D eigenvalue weighted by Crippen LogP contribution is -2.34. The molecule has 0 atom stereocenters. The van der Waals surface area contributed by atoms with Crippen molar-refractivity contribution in [1.29, 1.82) is 0 Å². The van der Waals surface area contributed by atoms with Crippen molar-refractivity contribution in [3.05, 3.63) is 70.9 Å². The molecule has 0 unspecified atom stereocenters. The number of carbonyl (C=O) groups is 1. The smallest absolute Gasteiger partial charge is 0.335 e. The molecule has 7 nitrogen and oxygen atoms in total. The summed E-state index contributed by atoms with van der Waals surface area (Å²) < 4.78 is 31.2. The molecule has 0 spiro atoms. The van der Waals surface area contributed by atoms with E-state index in [0.29, 0.717) is 28.5 Å². The number of hydrogen-bond donors (Lipinski definition) is 1. The molecular formula is C22H23ClN2O5S. The number of aliphatic carboxylic acids is 1. The van der Waals surface area contributed by atoms with Gasteiger partial charge in [-0.25, -0.2) is 13.2 Å². The van der Waals surface area contributed by atoms with E-state index in [1.54, 1.807) is 35.0 Å². The minimum atomic E-state index is -3.38. The highest BCUT2D eigenvalue weighted by molar-refractivity contribution is 7.90. The number of aromatic nitrogens is 2. The van der Waals surface area contributed by atoms with Crippen LogP contribution in [0.1, 0.15) is 25.1 Å². The minimum absolute atomic E-state index is 0.0202. The van der Waals surface area contributed by atoms with Crippen LogP contribution in [0.15, 0.2) is 59.5 Å². The lowest BCUT2D eigenvalue weighted by Gasteiger charge is -2.19. The third-order valence-electron chi connectivity index (χ3n) is 4.76. The molecule has 0 aliphatic heterocycles. The van der Waals surface area contributed by atoms with Gasteiger partial charge in [-0.15, -0.1) is 0 Å². The fourth-order valence-electron chi connectivity index (χ4n) is 2.88. The summed E-state index contributed by atoms with van der Waals surface area (Å²) in [5.74, 6) is -1.08. The number of nitrogens with zero attached hydrogens (tertiary/aromatic N) is 2. The predicted octanol–water partition coefficient (Wildman–Crippen LogP) is 4.04. The van der Waals surface area contributed by atoms with E-state index in [4.69, 9.17) is 16.3 Å². The van der Waals surface area contributed by atoms with Crippen LogP contribution in [0.3, 0.4) is 0 Å². The molecular weight excluding hydrogens is 440 g/mol. The normalized spacial score (nSPS) is 12.1. The van der Waals surface area contributed by atoms with Crippen molar-refractivity contribution < 1.29 is 23.1 Å². The molecule has 0 radical (unpaired) electrons. The molecule has 31 heavy (non-hydrogen) atoms. The zero-order valence-electron chi connectivity index (χ0n) is 17.4. The molecule has 0 fully saturated rings. The largest absolute Gasteiger partial charge is 0.479 e. The van der Waals surface area contributed by atoms with E-state index < -0.39 is 21.4 Å². The summed E-state index contributed by atoms with van der Waals surface area (Å²) in [5.41, 5.74) is 1.30. The number of sulfone groups is 1. The van der Waals surface area contributed by atoms with Gasteiger partial charge in [0.2, 0.25) is 0 Å². The van der Waals surface area contributed by atoms with Gasteiger partial charge < -0.3 is 9.84 Å². The van der Waals surface area contributed by atoms with Crippen molar-refractivity contribution in [2.75, 3.05) is 6.26 Å². The summed E-state index contributed by atoms with van der Waals surface area (Å²) >= 11 is 6.31. The first kappa shape index (κ1) is 23.0. The van der Waals surface area contributed by atoms with Gasteiger partial charge >= 0.3 is 5.97 Å². The van der Waals surface area contributed by atoms with Gasteiger partial charge in [0.1, 0.15) is 0 Å². The first-order valence-corrected chi connectivity index (χ1v) is 11.7. The Morgan fingerprint density at radius 2 is 1.87 bits per heavy atom.